The van der Waals surface area contributed by atoms with Crippen molar-refractivity contribution in [2.45, 2.75) is 20.8 Å². The minimum Gasteiger partial charge on any atom is -0.355 e. The summed E-state index contributed by atoms with van der Waals surface area (Å²) in [6.45, 7) is 6.33. The van der Waals surface area contributed by atoms with Crippen LogP contribution in [0.3, 0.4) is 0 Å². The van der Waals surface area contributed by atoms with Gasteiger partial charge in [-0.2, -0.15) is 5.10 Å². The summed E-state index contributed by atoms with van der Waals surface area (Å²) < 4.78 is 0. The maximum absolute atomic E-state index is 11.7. The average molecular weight is 387 g/mol. The molecule has 0 aromatic heterocycles. The average Bonchev–Trinajstić information content (AvgIpc) is 2.63. The quantitative estimate of drug-likeness (QED) is 0.403. The lowest BCUT2D eigenvalue weighted by atomic mass is 10.1. The molecule has 142 valence electrons. The van der Waals surface area contributed by atoms with Crippen LogP contribution in [0.25, 0.3) is 0 Å². The number of carbonyl (C=O) groups excluding carboxylic acids is 2. The summed E-state index contributed by atoms with van der Waals surface area (Å²) in [6, 6.07) is 13.2. The van der Waals surface area contributed by atoms with Crippen molar-refractivity contribution in [3.63, 3.8) is 0 Å². The number of hydrazone groups is 1. The van der Waals surface area contributed by atoms with Gasteiger partial charge in [-0.05, 0) is 43.2 Å². The van der Waals surface area contributed by atoms with E-state index in [2.05, 4.69) is 21.2 Å². The molecule has 0 unspecified atom stereocenters. The van der Waals surface area contributed by atoms with Gasteiger partial charge >= 0.3 is 11.8 Å². The first-order chi connectivity index (χ1) is 12.8. The number of nitrogens with one attached hydrogen (secondary N) is 3. The van der Waals surface area contributed by atoms with Crippen LogP contribution in [-0.2, 0) is 9.59 Å². The predicted molar refractivity (Wildman–Crippen MR) is 109 cm³/mol. The van der Waals surface area contributed by atoms with E-state index >= 15 is 0 Å². The van der Waals surface area contributed by atoms with E-state index in [0.29, 0.717) is 17.1 Å². The van der Waals surface area contributed by atoms with Gasteiger partial charge < -0.3 is 10.6 Å². The second-order valence-electron chi connectivity index (χ2n) is 6.53. The fourth-order valence-electron chi connectivity index (χ4n) is 2.13. The lowest BCUT2D eigenvalue weighted by Crippen LogP contribution is -2.39. The van der Waals surface area contributed by atoms with Gasteiger partial charge in [0.1, 0.15) is 0 Å². The van der Waals surface area contributed by atoms with Crippen LogP contribution in [0.1, 0.15) is 25.0 Å². The van der Waals surface area contributed by atoms with Gasteiger partial charge in [0.25, 0.3) is 0 Å². The van der Waals surface area contributed by atoms with Gasteiger partial charge in [0.05, 0.1) is 6.21 Å². The Morgan fingerprint density at radius 1 is 1.11 bits per heavy atom. The normalized spacial score (nSPS) is 10.9. The second kappa shape index (κ2) is 9.73. The number of anilines is 2. The summed E-state index contributed by atoms with van der Waals surface area (Å²) in [7, 11) is 0. The minimum absolute atomic E-state index is 0.257. The number of benzene rings is 2. The molecule has 0 bridgehead atoms. The van der Waals surface area contributed by atoms with E-state index in [9.17, 15) is 9.59 Å². The molecule has 0 heterocycles. The number of nitrogens with zero attached hydrogens (tertiary/aromatic N) is 1. The number of hydrogen-bond acceptors (Lipinski definition) is 4. The highest BCUT2D eigenvalue weighted by Gasteiger charge is 2.12. The maximum Gasteiger partial charge on any atom is 0.329 e. The lowest BCUT2D eigenvalue weighted by molar-refractivity contribution is -0.139. The van der Waals surface area contributed by atoms with Gasteiger partial charge in [0, 0.05) is 28.5 Å². The molecular formula is C20H23ClN4O2. The third kappa shape index (κ3) is 6.75. The topological polar surface area (TPSA) is 82.6 Å². The van der Waals surface area contributed by atoms with Crippen molar-refractivity contribution in [2.75, 3.05) is 11.9 Å². The molecule has 0 fully saturated rings. The van der Waals surface area contributed by atoms with Crippen molar-refractivity contribution in [2.24, 2.45) is 11.0 Å². The van der Waals surface area contributed by atoms with Crippen LogP contribution in [0.15, 0.2) is 47.6 Å². The van der Waals surface area contributed by atoms with Crippen LogP contribution in [0.4, 0.5) is 11.4 Å². The standard InChI is InChI=1S/C20H23ClN4O2/c1-13(2)11-22-19(26)20(27)25-23-12-15-10-16(21)6-9-18(15)24-17-7-4-14(3)5-8-17/h4-10,12-13,24H,11H2,1-3H3,(H,22,26)(H,25,27)/b23-12-. The number of aryl methyl sites for hydroxylation is 1. The van der Waals surface area contributed by atoms with Crippen molar-refractivity contribution in [1.82, 2.24) is 10.7 Å². The van der Waals surface area contributed by atoms with Gasteiger partial charge in [-0.1, -0.05) is 43.1 Å². The van der Waals surface area contributed by atoms with E-state index in [1.807, 2.05) is 51.1 Å². The highest BCUT2D eigenvalue weighted by Crippen LogP contribution is 2.23. The molecule has 7 heteroatoms. The van der Waals surface area contributed by atoms with E-state index in [4.69, 9.17) is 11.6 Å². The van der Waals surface area contributed by atoms with Gasteiger partial charge in [0.2, 0.25) is 0 Å². The Hall–Kier alpha value is -2.86. The Morgan fingerprint density at radius 2 is 1.81 bits per heavy atom. The van der Waals surface area contributed by atoms with Crippen LogP contribution in [0.5, 0.6) is 0 Å². The van der Waals surface area contributed by atoms with E-state index in [0.717, 1.165) is 16.9 Å². The maximum atomic E-state index is 11.7. The molecule has 3 N–H and O–H groups in total. The SMILES string of the molecule is Cc1ccc(Nc2ccc(Cl)cc2/C=N\NC(=O)C(=O)NCC(C)C)cc1. The largest absolute Gasteiger partial charge is 0.355 e. The first-order valence-electron chi connectivity index (χ1n) is 8.59. The summed E-state index contributed by atoms with van der Waals surface area (Å²) in [5.41, 5.74) is 5.74. The number of hydrogen-bond donors (Lipinski definition) is 3. The van der Waals surface area contributed by atoms with E-state index in [1.165, 1.54) is 6.21 Å². The first kappa shape index (κ1) is 20.5. The molecule has 6 nitrogen and oxygen atoms in total. The van der Waals surface area contributed by atoms with Crippen molar-refractivity contribution in [1.29, 1.82) is 0 Å². The van der Waals surface area contributed by atoms with Crippen LogP contribution < -0.4 is 16.1 Å². The number of rotatable bonds is 6. The summed E-state index contributed by atoms with van der Waals surface area (Å²) in [6.07, 6.45) is 1.44. The number of amides is 2. The summed E-state index contributed by atoms with van der Waals surface area (Å²) in [4.78, 5) is 23.4. The monoisotopic (exact) mass is 386 g/mol. The van der Waals surface area contributed by atoms with Gasteiger partial charge in [-0.25, -0.2) is 5.43 Å². The molecule has 0 aliphatic carbocycles. The predicted octanol–water partition coefficient (Wildman–Crippen LogP) is 3.61. The molecule has 2 aromatic carbocycles. The van der Waals surface area contributed by atoms with Crippen molar-refractivity contribution in [3.8, 4) is 0 Å². The van der Waals surface area contributed by atoms with Crippen LogP contribution in [0.2, 0.25) is 5.02 Å². The van der Waals surface area contributed by atoms with Crippen LogP contribution in [0, 0.1) is 12.8 Å². The molecule has 0 aliphatic heterocycles. The van der Waals surface area contributed by atoms with Gasteiger partial charge in [-0.15, -0.1) is 0 Å². The van der Waals surface area contributed by atoms with E-state index < -0.39 is 11.8 Å². The molecule has 0 aliphatic rings. The van der Waals surface area contributed by atoms with Crippen LogP contribution in [-0.4, -0.2) is 24.6 Å². The molecule has 27 heavy (non-hydrogen) atoms. The highest BCUT2D eigenvalue weighted by atomic mass is 35.5. The summed E-state index contributed by atoms with van der Waals surface area (Å²) in [5, 5.41) is 10.2. The molecule has 0 spiro atoms. The highest BCUT2D eigenvalue weighted by molar-refractivity contribution is 6.35. The Morgan fingerprint density at radius 3 is 2.48 bits per heavy atom. The minimum atomic E-state index is -0.818. The Balaban J connectivity index is 2.05. The number of carbonyl (C=O) groups is 2. The van der Waals surface area contributed by atoms with Crippen LogP contribution >= 0.6 is 11.6 Å². The molecular weight excluding hydrogens is 364 g/mol. The Labute approximate surface area is 164 Å². The smallest absolute Gasteiger partial charge is 0.329 e. The third-order valence-electron chi connectivity index (χ3n) is 3.59. The fourth-order valence-corrected chi connectivity index (χ4v) is 2.32. The van der Waals surface area contributed by atoms with Crippen molar-refractivity contribution < 1.29 is 9.59 Å². The molecule has 0 saturated heterocycles. The van der Waals surface area contributed by atoms with Gasteiger partial charge in [0.15, 0.2) is 0 Å². The molecule has 2 rings (SSSR count). The van der Waals surface area contributed by atoms with E-state index in [1.54, 1.807) is 12.1 Å². The molecule has 0 saturated carbocycles. The molecule has 0 atom stereocenters. The summed E-state index contributed by atoms with van der Waals surface area (Å²) in [5.74, 6) is -1.28. The molecule has 2 aromatic rings. The van der Waals surface area contributed by atoms with E-state index in [-0.39, 0.29) is 5.92 Å². The molecule has 2 amide bonds. The zero-order chi connectivity index (χ0) is 19.8. The van der Waals surface area contributed by atoms with Gasteiger partial charge in [-0.3, -0.25) is 9.59 Å². The Kier molecular flexibility index (Phi) is 7.37. The molecule has 0 radical (unpaired) electrons. The second-order valence-corrected chi connectivity index (χ2v) is 6.96. The fraction of sp³-hybridized carbons (Fsp3) is 0.250. The summed E-state index contributed by atoms with van der Waals surface area (Å²) >= 11 is 6.06. The zero-order valence-electron chi connectivity index (χ0n) is 15.5. The number of halogens is 1. The Bertz CT molecular complexity index is 832. The van der Waals surface area contributed by atoms with Crippen molar-refractivity contribution in [3.05, 3.63) is 58.6 Å². The van der Waals surface area contributed by atoms with Crippen molar-refractivity contribution >= 4 is 41.0 Å². The zero-order valence-corrected chi connectivity index (χ0v) is 16.3. The first-order valence-corrected chi connectivity index (χ1v) is 8.97. The third-order valence-corrected chi connectivity index (χ3v) is 3.83. The lowest BCUT2D eigenvalue weighted by Gasteiger charge is -2.10.